The average Bonchev–Trinajstić information content (AvgIpc) is 3.72. The van der Waals surface area contributed by atoms with E-state index in [0.717, 1.165) is 61.7 Å². The fourth-order valence-corrected chi connectivity index (χ4v) is 9.57. The minimum Gasteiger partial charge on any atom is -0.492 e. The van der Waals surface area contributed by atoms with Gasteiger partial charge in [0.05, 0.1) is 16.4 Å². The molecule has 0 spiro atoms. The number of imide groups is 1. The van der Waals surface area contributed by atoms with Crippen LogP contribution in [0.3, 0.4) is 0 Å². The van der Waals surface area contributed by atoms with Crippen molar-refractivity contribution in [3.63, 3.8) is 0 Å². The highest BCUT2D eigenvalue weighted by Gasteiger charge is 2.31. The van der Waals surface area contributed by atoms with Gasteiger partial charge in [0.25, 0.3) is 12.0 Å². The van der Waals surface area contributed by atoms with Gasteiger partial charge in [0.2, 0.25) is 27.8 Å². The molecule has 0 radical (unpaired) electrons. The van der Waals surface area contributed by atoms with Gasteiger partial charge in [0.15, 0.2) is 0 Å². The van der Waals surface area contributed by atoms with Crippen LogP contribution in [0, 0.1) is 5.92 Å². The molecular formula is C42H52F2N8O6S. The van der Waals surface area contributed by atoms with E-state index in [0.29, 0.717) is 45.4 Å². The first kappa shape index (κ1) is 42.1. The number of piperazine rings is 1. The summed E-state index contributed by atoms with van der Waals surface area (Å²) in [6, 6.07) is 15.4. The van der Waals surface area contributed by atoms with E-state index < -0.39 is 27.6 Å². The lowest BCUT2D eigenvalue weighted by Gasteiger charge is -2.36. The van der Waals surface area contributed by atoms with Gasteiger partial charge < -0.3 is 19.9 Å². The number of hydrogen-bond donors (Lipinski definition) is 3. The van der Waals surface area contributed by atoms with Gasteiger partial charge in [-0.25, -0.2) is 22.2 Å². The molecule has 4 fully saturated rings. The number of nitrogens with one attached hydrogen (secondary N) is 3. The Labute approximate surface area is 342 Å². The van der Waals surface area contributed by atoms with Crippen LogP contribution in [0.25, 0.3) is 11.0 Å². The fourth-order valence-electron chi connectivity index (χ4n) is 8.10. The van der Waals surface area contributed by atoms with E-state index in [-0.39, 0.29) is 45.7 Å². The number of anilines is 2. The van der Waals surface area contributed by atoms with Crippen LogP contribution in [0.1, 0.15) is 81.8 Å². The van der Waals surface area contributed by atoms with Gasteiger partial charge in [-0.05, 0) is 73.2 Å². The van der Waals surface area contributed by atoms with Gasteiger partial charge in [-0.3, -0.25) is 24.6 Å². The number of aromatic nitrogens is 3. The predicted molar refractivity (Wildman–Crippen MR) is 220 cm³/mol. The van der Waals surface area contributed by atoms with Crippen LogP contribution in [-0.4, -0.2) is 103 Å². The molecule has 3 aliphatic heterocycles. The van der Waals surface area contributed by atoms with E-state index in [9.17, 15) is 31.6 Å². The van der Waals surface area contributed by atoms with Gasteiger partial charge in [-0.15, -0.1) is 0 Å². The second-order valence-corrected chi connectivity index (χ2v) is 17.7. The molecule has 5 heterocycles. The van der Waals surface area contributed by atoms with Gasteiger partial charge in [-0.1, -0.05) is 44.7 Å². The number of nitrogens with zero attached hydrogens (tertiary/aromatic N) is 5. The average molecular weight is 835 g/mol. The first-order chi connectivity index (χ1) is 28.4. The molecule has 4 aromatic rings. The van der Waals surface area contributed by atoms with Gasteiger partial charge >= 0.3 is 0 Å². The van der Waals surface area contributed by atoms with Crippen LogP contribution in [0.2, 0.25) is 0 Å². The third kappa shape index (κ3) is 10.6. The Morgan fingerprint density at radius 1 is 0.898 bits per heavy atom. The summed E-state index contributed by atoms with van der Waals surface area (Å²) in [7, 11) is -3.70. The van der Waals surface area contributed by atoms with Gasteiger partial charge in [0.1, 0.15) is 18.0 Å². The lowest BCUT2D eigenvalue weighted by Crippen LogP contribution is -2.47. The Kier molecular flexibility index (Phi) is 13.5. The van der Waals surface area contributed by atoms with Crippen molar-refractivity contribution in [2.45, 2.75) is 81.6 Å². The number of H-pyrrole nitrogens is 1. The number of carbonyl (C=O) groups excluding carboxylic acids is 2. The molecule has 2 aromatic heterocycles. The molecule has 8 rings (SSSR count). The third-order valence-electron chi connectivity index (χ3n) is 11.7. The Hall–Kier alpha value is -5.00. The summed E-state index contributed by atoms with van der Waals surface area (Å²) in [6.07, 6.45) is 6.26. The van der Waals surface area contributed by atoms with Crippen molar-refractivity contribution in [2.75, 3.05) is 62.6 Å². The number of rotatable bonds is 11. The molecule has 1 aliphatic carbocycles. The van der Waals surface area contributed by atoms with Crippen LogP contribution < -0.4 is 25.8 Å². The summed E-state index contributed by atoms with van der Waals surface area (Å²) >= 11 is 0. The molecule has 1 atom stereocenters. The molecule has 1 saturated carbocycles. The molecule has 316 valence electrons. The molecule has 14 nitrogen and oxygen atoms in total. The van der Waals surface area contributed by atoms with Crippen molar-refractivity contribution in [1.29, 1.82) is 0 Å². The maximum Gasteiger partial charge on any atom is 0.269 e. The third-order valence-corrected chi connectivity index (χ3v) is 13.6. The summed E-state index contributed by atoms with van der Waals surface area (Å²) in [5.41, 5.74) is 0.423. The lowest BCUT2D eigenvalue weighted by molar-refractivity contribution is -0.134. The van der Waals surface area contributed by atoms with Crippen molar-refractivity contribution in [1.82, 2.24) is 29.5 Å². The number of piperidine rings is 2. The highest BCUT2D eigenvalue weighted by molar-refractivity contribution is 7.89. The molecule has 59 heavy (non-hydrogen) atoms. The normalized spacial score (nSPS) is 20.1. The minimum absolute atomic E-state index is 0.114. The molecule has 4 aliphatic rings. The maximum absolute atomic E-state index is 13.5. The summed E-state index contributed by atoms with van der Waals surface area (Å²) in [4.78, 5) is 51.1. The molecule has 2 aromatic carbocycles. The summed E-state index contributed by atoms with van der Waals surface area (Å²) in [5.74, 6) is 1.19. The number of alkyl halides is 2. The first-order valence-electron chi connectivity index (χ1n) is 20.5. The molecule has 3 N–H and O–H groups in total. The van der Waals surface area contributed by atoms with Crippen molar-refractivity contribution in [3.8, 4) is 5.75 Å². The second kappa shape index (κ2) is 18.9. The zero-order valence-corrected chi connectivity index (χ0v) is 34.1. The van der Waals surface area contributed by atoms with E-state index in [1.165, 1.54) is 36.2 Å². The van der Waals surface area contributed by atoms with E-state index >= 15 is 0 Å². The zero-order valence-electron chi connectivity index (χ0n) is 33.2. The van der Waals surface area contributed by atoms with E-state index in [1.807, 2.05) is 36.4 Å². The van der Waals surface area contributed by atoms with E-state index in [2.05, 4.69) is 42.3 Å². The molecule has 2 amide bonds. The topological polar surface area (TPSA) is 170 Å². The number of sulfonamides is 1. The van der Waals surface area contributed by atoms with Crippen molar-refractivity contribution >= 4 is 44.5 Å². The van der Waals surface area contributed by atoms with E-state index in [4.69, 9.17) is 4.74 Å². The van der Waals surface area contributed by atoms with Crippen LogP contribution in [-0.2, 0) is 19.6 Å². The van der Waals surface area contributed by atoms with Crippen LogP contribution in [0.4, 0.5) is 20.4 Å². The molecule has 0 bridgehead atoms. The Balaban J connectivity index is 0.000000808. The highest BCUT2D eigenvalue weighted by atomic mass is 32.2. The smallest absolute Gasteiger partial charge is 0.269 e. The Bertz CT molecular complexity index is 2240. The summed E-state index contributed by atoms with van der Waals surface area (Å²) < 4.78 is 60.5. The number of amides is 2. The quantitative estimate of drug-likeness (QED) is 0.165. The summed E-state index contributed by atoms with van der Waals surface area (Å²) in [6.45, 7) is 7.46. The lowest BCUT2D eigenvalue weighted by atomic mass is 9.90. The van der Waals surface area contributed by atoms with E-state index in [1.54, 1.807) is 12.1 Å². The molecule has 1 unspecified atom stereocenters. The monoisotopic (exact) mass is 834 g/mol. The van der Waals surface area contributed by atoms with Gasteiger partial charge in [0, 0.05) is 75.5 Å². The number of hydrogen-bond acceptors (Lipinski definition) is 11. The Morgan fingerprint density at radius 2 is 1.59 bits per heavy atom. The number of benzene rings is 2. The predicted octanol–water partition coefficient (Wildman–Crippen LogP) is 5.44. The fraction of sp³-hybridized carbons (Fsp3) is 0.500. The zero-order chi connectivity index (χ0) is 41.5. The Morgan fingerprint density at radius 3 is 2.22 bits per heavy atom. The standard InChI is InChI=1S/C36H40F2N8O6S.C6H12/c37-32(38)30-21-24-22-39-36(43-33(24)42-35(30)49)40-25-11-13-46(14-12-25)53(50,51)28-7-3-26(4-8-28)45-17-15-44(16-18-45)19-20-52-27-5-1-23(2-6-27)29-9-10-31(47)41-34(29)48;1-6-4-2-3-5-6/h1-8,21-22,25,29,32H,9-20H2,(H,41,47,48)(H2,39,40,42,43,49);6H,2-5H2,1H3. The SMILES string of the molecule is CC1CCCC1.O=C1CCC(c2ccc(OCCN3CCN(c4ccc(S(=O)(=O)N5CCC(Nc6ncc7cc(C(F)F)c(=O)[nH]c7n6)CC5)cc4)CC3)cc2)C(=O)N1. The second-order valence-electron chi connectivity index (χ2n) is 15.8. The van der Waals surface area contributed by atoms with Gasteiger partial charge in [-0.2, -0.15) is 9.29 Å². The van der Waals surface area contributed by atoms with Crippen molar-refractivity contribution < 1.29 is 31.5 Å². The largest absolute Gasteiger partial charge is 0.492 e. The van der Waals surface area contributed by atoms with Crippen LogP contribution in [0.15, 0.2) is 70.5 Å². The number of aromatic amines is 1. The molecule has 3 saturated heterocycles. The maximum atomic E-state index is 13.5. The van der Waals surface area contributed by atoms with Crippen molar-refractivity contribution in [2.24, 2.45) is 5.92 Å². The van der Waals surface area contributed by atoms with Crippen molar-refractivity contribution in [3.05, 3.63) is 82.3 Å². The number of halogens is 2. The number of fused-ring (bicyclic) bond motifs is 1. The number of carbonyl (C=O) groups is 2. The minimum atomic E-state index is -3.70. The number of ether oxygens (including phenoxy) is 1. The number of pyridine rings is 1. The molecule has 17 heteroatoms. The highest BCUT2D eigenvalue weighted by Crippen LogP contribution is 2.28. The summed E-state index contributed by atoms with van der Waals surface area (Å²) in [5, 5.41) is 5.85. The molecular weight excluding hydrogens is 783 g/mol. The van der Waals surface area contributed by atoms with Crippen LogP contribution >= 0.6 is 0 Å². The van der Waals surface area contributed by atoms with Crippen LogP contribution in [0.5, 0.6) is 5.75 Å². The first-order valence-corrected chi connectivity index (χ1v) is 22.0.